The van der Waals surface area contributed by atoms with E-state index in [-0.39, 0.29) is 47.8 Å². The number of aliphatic carboxylic acids is 1. The summed E-state index contributed by atoms with van der Waals surface area (Å²) in [6, 6.07) is 17.8. The van der Waals surface area contributed by atoms with E-state index in [4.69, 9.17) is 23.6 Å². The molecule has 4 unspecified atom stereocenters. The van der Waals surface area contributed by atoms with Crippen LogP contribution in [0.3, 0.4) is 0 Å². The fourth-order valence-electron chi connectivity index (χ4n) is 8.92. The highest BCUT2D eigenvalue weighted by atomic mass is 28.4. The maximum atomic E-state index is 13.1. The van der Waals surface area contributed by atoms with Gasteiger partial charge in [-0.1, -0.05) is 71.0 Å². The topological polar surface area (TPSA) is 148 Å². The van der Waals surface area contributed by atoms with Crippen molar-refractivity contribution in [3.63, 3.8) is 0 Å². The number of pyridine rings is 1. The molecule has 2 N–H and O–H groups in total. The van der Waals surface area contributed by atoms with Gasteiger partial charge in [0.2, 0.25) is 0 Å². The van der Waals surface area contributed by atoms with Gasteiger partial charge in [0.15, 0.2) is 8.32 Å². The zero-order valence-corrected chi connectivity index (χ0v) is 44.2. The van der Waals surface area contributed by atoms with Crippen molar-refractivity contribution in [1.82, 2.24) is 24.7 Å². The second-order valence-corrected chi connectivity index (χ2v) is 27.0. The first kappa shape index (κ1) is 52.4. The Labute approximate surface area is 405 Å². The van der Waals surface area contributed by atoms with Crippen LogP contribution >= 0.6 is 0 Å². The molecule has 15 heteroatoms. The average molecular weight is 955 g/mol. The molecule has 372 valence electrons. The number of nitrogens with one attached hydrogen (secondary N) is 1. The van der Waals surface area contributed by atoms with Crippen molar-refractivity contribution >= 4 is 43.1 Å². The number of anilines is 1. The number of hydrogen-bond acceptors (Lipinski definition) is 10. The Hall–Kier alpha value is -4.96. The predicted octanol–water partition coefficient (Wildman–Crippen LogP) is 10.2. The highest BCUT2D eigenvalue weighted by molar-refractivity contribution is 6.74. The maximum absolute atomic E-state index is 13.1. The largest absolute Gasteiger partial charge is 0.480 e. The van der Waals surface area contributed by atoms with Crippen molar-refractivity contribution in [3.8, 4) is 11.3 Å². The molecule has 1 saturated carbocycles. The number of carbonyl (C=O) groups is 3. The van der Waals surface area contributed by atoms with Gasteiger partial charge in [-0.25, -0.2) is 14.4 Å². The van der Waals surface area contributed by atoms with E-state index in [0.717, 1.165) is 53.1 Å². The van der Waals surface area contributed by atoms with Crippen LogP contribution in [-0.4, -0.2) is 122 Å². The van der Waals surface area contributed by atoms with Crippen molar-refractivity contribution < 1.29 is 38.1 Å². The molecule has 2 aliphatic rings. The molecule has 2 aromatic carbocycles. The molecule has 2 fully saturated rings. The number of rotatable bonds is 18. The van der Waals surface area contributed by atoms with Gasteiger partial charge >= 0.3 is 18.2 Å². The molecule has 6 rings (SSSR count). The van der Waals surface area contributed by atoms with E-state index in [0.29, 0.717) is 32.8 Å². The van der Waals surface area contributed by atoms with E-state index in [9.17, 15) is 19.5 Å². The first-order valence-corrected chi connectivity index (χ1v) is 27.2. The standard InChI is InChI=1S/C53H78N6O8Si/c1-15-59-44-22-21-37(39-29-45(39)56(11)32-43(48(60)61)55-49(62)67-51(3,4)5)27-40(44)42(30-53(9,10)34-66-68(13,14)52(6,7)8)47(59)41-28-38(31-54-46(41)35(2)64-12)57-23-25-58(26-24-57)50(63)65-33-36-19-17-16-18-20-36/h16-22,27-28,31,35,39,43,45H,15,23-26,29-30,32-34H2,1-14H3,(H,55,62)(H,60,61). The highest BCUT2D eigenvalue weighted by Crippen LogP contribution is 2.48. The van der Waals surface area contributed by atoms with Crippen molar-refractivity contribution in [2.75, 3.05) is 58.4 Å². The summed E-state index contributed by atoms with van der Waals surface area (Å²) in [5.74, 6) is -0.929. The molecule has 0 spiro atoms. The molecule has 0 bridgehead atoms. The lowest BCUT2D eigenvalue weighted by molar-refractivity contribution is -0.140. The van der Waals surface area contributed by atoms with Gasteiger partial charge in [0, 0.05) is 81.4 Å². The van der Waals surface area contributed by atoms with Gasteiger partial charge in [-0.15, -0.1) is 0 Å². The number of methoxy groups -OCH3 is 1. The summed E-state index contributed by atoms with van der Waals surface area (Å²) in [6.45, 7) is 29.6. The van der Waals surface area contributed by atoms with Crippen LogP contribution in [0.25, 0.3) is 22.2 Å². The number of aryl methyl sites for hydroxylation is 1. The van der Waals surface area contributed by atoms with Gasteiger partial charge in [-0.2, -0.15) is 0 Å². The molecule has 0 radical (unpaired) electrons. The number of alkyl carbamates (subject to hydrolysis) is 1. The zero-order chi connectivity index (χ0) is 49.9. The van der Waals surface area contributed by atoms with Crippen LogP contribution in [0.5, 0.6) is 0 Å². The van der Waals surface area contributed by atoms with E-state index in [2.05, 4.69) is 93.7 Å². The van der Waals surface area contributed by atoms with Crippen molar-refractivity contribution in [2.45, 2.75) is 143 Å². The lowest BCUT2D eigenvalue weighted by Gasteiger charge is -2.39. The minimum atomic E-state index is -2.07. The molecule has 68 heavy (non-hydrogen) atoms. The number of hydrogen-bond donors (Lipinski definition) is 2. The van der Waals surface area contributed by atoms with Crippen LogP contribution < -0.4 is 10.2 Å². The smallest absolute Gasteiger partial charge is 0.410 e. The Balaban J connectivity index is 1.35. The Kier molecular flexibility index (Phi) is 16.1. The third-order valence-corrected chi connectivity index (χ3v) is 18.5. The molecule has 1 saturated heterocycles. The second kappa shape index (κ2) is 20.9. The number of carbonyl (C=O) groups excluding carboxylic acids is 2. The minimum Gasteiger partial charge on any atom is -0.480 e. The first-order valence-electron chi connectivity index (χ1n) is 24.3. The van der Waals surface area contributed by atoms with E-state index >= 15 is 0 Å². The molecule has 2 amide bonds. The third-order valence-electron chi connectivity index (χ3n) is 14.0. The molecular weight excluding hydrogens is 877 g/mol. The number of benzene rings is 2. The number of carboxylic acid groups (broad SMARTS) is 1. The van der Waals surface area contributed by atoms with Crippen LogP contribution in [0.4, 0.5) is 15.3 Å². The summed E-state index contributed by atoms with van der Waals surface area (Å²) in [7, 11) is 1.58. The lowest BCUT2D eigenvalue weighted by atomic mass is 9.84. The number of piperazine rings is 1. The van der Waals surface area contributed by atoms with Gasteiger partial charge in [0.05, 0.1) is 29.4 Å². The summed E-state index contributed by atoms with van der Waals surface area (Å²) in [6.07, 6.45) is 2.19. The Morgan fingerprint density at radius 3 is 2.25 bits per heavy atom. The monoisotopic (exact) mass is 955 g/mol. The summed E-state index contributed by atoms with van der Waals surface area (Å²) in [5.41, 5.74) is 7.46. The van der Waals surface area contributed by atoms with Gasteiger partial charge in [0.25, 0.3) is 0 Å². The summed E-state index contributed by atoms with van der Waals surface area (Å²) >= 11 is 0. The van der Waals surface area contributed by atoms with E-state index in [1.165, 1.54) is 16.5 Å². The number of aromatic nitrogens is 2. The quantitative estimate of drug-likeness (QED) is 0.0919. The van der Waals surface area contributed by atoms with Gasteiger partial charge in [0.1, 0.15) is 18.2 Å². The summed E-state index contributed by atoms with van der Waals surface area (Å²) in [4.78, 5) is 49.3. The number of likely N-dealkylation sites (N-methyl/N-ethyl adjacent to an activating group) is 1. The molecule has 4 atom stereocenters. The number of carboxylic acids is 1. The highest BCUT2D eigenvalue weighted by Gasteiger charge is 2.44. The Morgan fingerprint density at radius 2 is 1.65 bits per heavy atom. The van der Waals surface area contributed by atoms with E-state index in [1.54, 1.807) is 32.8 Å². The third kappa shape index (κ3) is 12.6. The minimum absolute atomic E-state index is 0.0663. The number of nitrogens with zero attached hydrogens (tertiary/aromatic N) is 5. The van der Waals surface area contributed by atoms with Gasteiger partial charge in [-0.3, -0.25) is 4.98 Å². The van der Waals surface area contributed by atoms with E-state index in [1.807, 2.05) is 55.4 Å². The van der Waals surface area contributed by atoms with Crippen LogP contribution in [0.2, 0.25) is 18.1 Å². The van der Waals surface area contributed by atoms with Crippen LogP contribution in [0.1, 0.15) is 110 Å². The fourth-order valence-corrected chi connectivity index (χ4v) is 10.1. The first-order chi connectivity index (χ1) is 31.8. The van der Waals surface area contributed by atoms with Crippen molar-refractivity contribution in [3.05, 3.63) is 83.2 Å². The molecule has 2 aromatic heterocycles. The van der Waals surface area contributed by atoms with Crippen molar-refractivity contribution in [2.24, 2.45) is 5.41 Å². The van der Waals surface area contributed by atoms with Crippen LogP contribution in [0.15, 0.2) is 60.8 Å². The van der Waals surface area contributed by atoms with Gasteiger partial charge in [-0.05, 0) is 113 Å². The zero-order valence-electron chi connectivity index (χ0n) is 43.2. The summed E-state index contributed by atoms with van der Waals surface area (Å²) in [5, 5.41) is 13.9. The van der Waals surface area contributed by atoms with Gasteiger partial charge < -0.3 is 48.3 Å². The molecule has 1 aliphatic heterocycles. The average Bonchev–Trinajstić information content (AvgIpc) is 4.03. The fraction of sp³-hybridized carbons (Fsp3) is 0.585. The second-order valence-electron chi connectivity index (χ2n) is 22.1. The lowest BCUT2D eigenvalue weighted by Crippen LogP contribution is -2.49. The molecule has 4 aromatic rings. The Morgan fingerprint density at radius 1 is 0.971 bits per heavy atom. The number of amides is 2. The molecule has 3 heterocycles. The maximum Gasteiger partial charge on any atom is 0.410 e. The van der Waals surface area contributed by atoms with Crippen LogP contribution in [0, 0.1) is 5.41 Å². The molecule has 14 nitrogen and oxygen atoms in total. The van der Waals surface area contributed by atoms with E-state index < -0.39 is 32.0 Å². The summed E-state index contributed by atoms with van der Waals surface area (Å²) < 4.78 is 26.4. The number of ether oxygens (including phenoxy) is 3. The molecule has 1 aliphatic carbocycles. The SMILES string of the molecule is CCn1c(-c2cc(N3CCN(C(=O)OCc4ccccc4)CC3)cnc2C(C)OC)c(CC(C)(C)CO[Si](C)(C)C(C)(C)C)c2cc(C3CC3N(C)CC(NC(=O)OC(C)(C)C)C(=O)O)ccc21. The van der Waals surface area contributed by atoms with Crippen molar-refractivity contribution in [1.29, 1.82) is 0 Å². The normalized spacial score (nSPS) is 17.9. The Bertz CT molecular complexity index is 2400. The van der Waals surface area contributed by atoms with Crippen LogP contribution in [-0.2, 0) is 43.0 Å². The molecular formula is C53H78N6O8Si. The predicted molar refractivity (Wildman–Crippen MR) is 272 cm³/mol. The number of fused-ring (bicyclic) bond motifs is 1.